The summed E-state index contributed by atoms with van der Waals surface area (Å²) in [5, 5.41) is 4.77. The third kappa shape index (κ3) is 2.20. The van der Waals surface area contributed by atoms with Gasteiger partial charge in [-0.05, 0) is 19.3 Å². The van der Waals surface area contributed by atoms with Crippen LogP contribution in [0.4, 0.5) is 0 Å². The van der Waals surface area contributed by atoms with Crippen molar-refractivity contribution in [1.82, 2.24) is 10.0 Å². The van der Waals surface area contributed by atoms with Gasteiger partial charge in [-0.3, -0.25) is 0 Å². The predicted octanol–water partition coefficient (Wildman–Crippen LogP) is -0.642. The quantitative estimate of drug-likeness (QED) is 0.569. The molecule has 0 spiro atoms. The van der Waals surface area contributed by atoms with Gasteiger partial charge in [0.05, 0.1) is 0 Å². The molecular formula is C9H20N4. The summed E-state index contributed by atoms with van der Waals surface area (Å²) in [5.74, 6) is 0. The largest absolute Gasteiger partial charge is 0.326 e. The lowest BCUT2D eigenvalue weighted by atomic mass is 10.1. The van der Waals surface area contributed by atoms with Crippen LogP contribution in [0, 0.1) is 0 Å². The fourth-order valence-electron chi connectivity index (χ4n) is 2.27. The van der Waals surface area contributed by atoms with Gasteiger partial charge < -0.3 is 11.5 Å². The predicted molar refractivity (Wildman–Crippen MR) is 52.9 cm³/mol. The number of hydrogen-bond acceptors (Lipinski definition) is 4. The molecule has 2 aliphatic heterocycles. The lowest BCUT2D eigenvalue weighted by Crippen LogP contribution is -2.51. The average molecular weight is 184 g/mol. The molecule has 2 heterocycles. The van der Waals surface area contributed by atoms with Crippen molar-refractivity contribution >= 4 is 0 Å². The first-order chi connectivity index (χ1) is 6.25. The monoisotopic (exact) mass is 184 g/mol. The Morgan fingerprint density at radius 2 is 1.46 bits per heavy atom. The molecule has 4 N–H and O–H groups in total. The molecule has 2 fully saturated rings. The molecule has 2 rings (SSSR count). The van der Waals surface area contributed by atoms with E-state index >= 15 is 0 Å². The van der Waals surface area contributed by atoms with E-state index in [1.165, 1.54) is 19.4 Å². The fraction of sp³-hybridized carbons (Fsp3) is 1.00. The summed E-state index contributed by atoms with van der Waals surface area (Å²) in [6, 6.07) is 0.740. The van der Waals surface area contributed by atoms with Gasteiger partial charge >= 0.3 is 0 Å². The Balaban J connectivity index is 1.85. The normalized spacial score (nSPS) is 38.3. The van der Waals surface area contributed by atoms with Crippen LogP contribution in [0.2, 0.25) is 0 Å². The van der Waals surface area contributed by atoms with E-state index in [9.17, 15) is 0 Å². The van der Waals surface area contributed by atoms with Crippen molar-refractivity contribution in [1.29, 1.82) is 0 Å². The van der Waals surface area contributed by atoms with Gasteiger partial charge in [0.1, 0.15) is 0 Å². The molecule has 0 amide bonds. The van der Waals surface area contributed by atoms with Crippen molar-refractivity contribution in [2.75, 3.05) is 26.2 Å². The maximum absolute atomic E-state index is 5.93. The molecule has 2 aliphatic rings. The van der Waals surface area contributed by atoms with Gasteiger partial charge in [0.25, 0.3) is 0 Å². The van der Waals surface area contributed by atoms with E-state index < -0.39 is 0 Å². The van der Waals surface area contributed by atoms with E-state index in [0.717, 1.165) is 26.1 Å². The highest BCUT2D eigenvalue weighted by molar-refractivity contribution is 4.80. The van der Waals surface area contributed by atoms with Gasteiger partial charge in [0, 0.05) is 38.3 Å². The molecule has 2 saturated heterocycles. The third-order valence-corrected chi connectivity index (χ3v) is 3.04. The summed E-state index contributed by atoms with van der Waals surface area (Å²) in [6.07, 6.45) is 3.54. The summed E-state index contributed by atoms with van der Waals surface area (Å²) >= 11 is 0. The van der Waals surface area contributed by atoms with Crippen LogP contribution in [0.5, 0.6) is 0 Å². The zero-order valence-corrected chi connectivity index (χ0v) is 8.15. The topological polar surface area (TPSA) is 58.5 Å². The van der Waals surface area contributed by atoms with Crippen molar-refractivity contribution in [2.45, 2.75) is 31.3 Å². The zero-order valence-electron chi connectivity index (χ0n) is 8.15. The van der Waals surface area contributed by atoms with Gasteiger partial charge in [-0.2, -0.15) is 0 Å². The van der Waals surface area contributed by atoms with Crippen molar-refractivity contribution < 1.29 is 0 Å². The zero-order chi connectivity index (χ0) is 9.26. The van der Waals surface area contributed by atoms with E-state index in [4.69, 9.17) is 11.5 Å². The minimum Gasteiger partial charge on any atom is -0.326 e. The van der Waals surface area contributed by atoms with Crippen LogP contribution >= 0.6 is 0 Å². The summed E-state index contributed by atoms with van der Waals surface area (Å²) in [6.45, 7) is 4.33. The Bertz CT molecular complexity index is 173. The summed E-state index contributed by atoms with van der Waals surface area (Å²) in [5.41, 5.74) is 11.8. The Labute approximate surface area is 79.8 Å². The van der Waals surface area contributed by atoms with E-state index in [0.29, 0.717) is 12.1 Å². The van der Waals surface area contributed by atoms with Crippen molar-refractivity contribution in [3.63, 3.8) is 0 Å². The molecule has 0 saturated carbocycles. The molecule has 2 unspecified atom stereocenters. The number of rotatable bonds is 1. The van der Waals surface area contributed by atoms with Gasteiger partial charge in [0.2, 0.25) is 0 Å². The van der Waals surface area contributed by atoms with E-state index in [2.05, 4.69) is 10.0 Å². The van der Waals surface area contributed by atoms with Crippen molar-refractivity contribution in [2.24, 2.45) is 11.5 Å². The average Bonchev–Trinajstić information content (AvgIpc) is 2.52. The van der Waals surface area contributed by atoms with Gasteiger partial charge in [0.15, 0.2) is 0 Å². The molecule has 4 heteroatoms. The van der Waals surface area contributed by atoms with Crippen LogP contribution in [0.15, 0.2) is 0 Å². The Kier molecular flexibility index (Phi) is 2.83. The molecule has 13 heavy (non-hydrogen) atoms. The highest BCUT2D eigenvalue weighted by atomic mass is 15.6. The molecule has 0 bridgehead atoms. The summed E-state index contributed by atoms with van der Waals surface area (Å²) < 4.78 is 0. The third-order valence-electron chi connectivity index (χ3n) is 3.04. The van der Waals surface area contributed by atoms with Gasteiger partial charge in [-0.1, -0.05) is 0 Å². The van der Waals surface area contributed by atoms with E-state index in [1.807, 2.05) is 0 Å². The molecular weight excluding hydrogens is 164 g/mol. The number of hydrogen-bond donors (Lipinski definition) is 2. The molecule has 0 aromatic heterocycles. The van der Waals surface area contributed by atoms with Crippen LogP contribution < -0.4 is 11.5 Å². The summed E-state index contributed by atoms with van der Waals surface area (Å²) in [4.78, 5) is 0. The van der Waals surface area contributed by atoms with Crippen LogP contribution in [-0.2, 0) is 0 Å². The second-order valence-corrected chi connectivity index (χ2v) is 4.28. The Morgan fingerprint density at radius 1 is 0.846 bits per heavy atom. The highest BCUT2D eigenvalue weighted by Crippen LogP contribution is 2.15. The molecule has 0 aliphatic carbocycles. The lowest BCUT2D eigenvalue weighted by molar-refractivity contribution is -0.0255. The molecule has 0 aromatic carbocycles. The first-order valence-corrected chi connectivity index (χ1v) is 5.26. The standard InChI is InChI=1S/C9H20N4/c10-8-2-1-4-12(6-8)13-5-3-9(11)7-13/h8-9H,1-7,10-11H2. The molecule has 76 valence electrons. The molecule has 2 atom stereocenters. The van der Waals surface area contributed by atoms with E-state index in [-0.39, 0.29) is 0 Å². The number of hydrazine groups is 1. The van der Waals surface area contributed by atoms with Gasteiger partial charge in [-0.15, -0.1) is 0 Å². The minimum absolute atomic E-state index is 0.366. The second-order valence-electron chi connectivity index (χ2n) is 4.28. The number of piperidine rings is 1. The van der Waals surface area contributed by atoms with Crippen LogP contribution in [-0.4, -0.2) is 48.3 Å². The maximum Gasteiger partial charge on any atom is 0.0285 e. The van der Waals surface area contributed by atoms with Crippen molar-refractivity contribution in [3.05, 3.63) is 0 Å². The minimum atomic E-state index is 0.366. The molecule has 4 nitrogen and oxygen atoms in total. The highest BCUT2D eigenvalue weighted by Gasteiger charge is 2.27. The van der Waals surface area contributed by atoms with Crippen molar-refractivity contribution in [3.8, 4) is 0 Å². The maximum atomic E-state index is 5.93. The SMILES string of the molecule is NC1CCCN(N2CCC(N)C2)C1. The van der Waals surface area contributed by atoms with Crippen LogP contribution in [0.25, 0.3) is 0 Å². The van der Waals surface area contributed by atoms with E-state index in [1.54, 1.807) is 0 Å². The van der Waals surface area contributed by atoms with Crippen LogP contribution in [0.3, 0.4) is 0 Å². The number of nitrogens with two attached hydrogens (primary N) is 2. The van der Waals surface area contributed by atoms with Crippen LogP contribution in [0.1, 0.15) is 19.3 Å². The molecule has 0 radical (unpaired) electrons. The first kappa shape index (κ1) is 9.40. The lowest BCUT2D eigenvalue weighted by Gasteiger charge is -2.37. The molecule has 0 aromatic rings. The smallest absolute Gasteiger partial charge is 0.0285 e. The number of nitrogens with zero attached hydrogens (tertiary/aromatic N) is 2. The Hall–Kier alpha value is -0.160. The Morgan fingerprint density at radius 3 is 2.08 bits per heavy atom. The van der Waals surface area contributed by atoms with Gasteiger partial charge in [-0.25, -0.2) is 10.0 Å². The fourth-order valence-corrected chi connectivity index (χ4v) is 2.27. The summed E-state index contributed by atoms with van der Waals surface area (Å²) in [7, 11) is 0. The first-order valence-electron chi connectivity index (χ1n) is 5.26. The second kappa shape index (κ2) is 3.92.